The van der Waals surface area contributed by atoms with Gasteiger partial charge in [-0.15, -0.1) is 0 Å². The van der Waals surface area contributed by atoms with Crippen molar-refractivity contribution in [2.45, 2.75) is 96.4 Å². The highest BCUT2D eigenvalue weighted by Gasteiger charge is 2.53. The average molecular weight is 593 g/mol. The molecule has 3 fully saturated rings. The quantitative estimate of drug-likeness (QED) is 0.428. The molecule has 0 radical (unpaired) electrons. The Balaban J connectivity index is 1.15. The van der Waals surface area contributed by atoms with Crippen molar-refractivity contribution in [1.82, 2.24) is 24.3 Å². The first-order chi connectivity index (χ1) is 20.2. The lowest BCUT2D eigenvalue weighted by molar-refractivity contribution is -0.137. The van der Waals surface area contributed by atoms with Crippen molar-refractivity contribution >= 4 is 17.8 Å². The minimum atomic E-state index is -0.948. The van der Waals surface area contributed by atoms with Gasteiger partial charge in [0.05, 0.1) is 11.2 Å². The van der Waals surface area contributed by atoms with E-state index < -0.39 is 11.2 Å². The zero-order chi connectivity index (χ0) is 31.1. The molecule has 234 valence electrons. The predicted octanol–water partition coefficient (Wildman–Crippen LogP) is 2.56. The van der Waals surface area contributed by atoms with Crippen LogP contribution in [0.15, 0.2) is 41.3 Å². The normalized spacial score (nSPS) is 24.6. The molecule has 5 rings (SSSR count). The third kappa shape index (κ3) is 6.78. The predicted molar refractivity (Wildman–Crippen MR) is 168 cm³/mol. The molecule has 1 aliphatic heterocycles. The molecule has 2 aromatic rings. The second-order valence-corrected chi connectivity index (χ2v) is 13.9. The number of urea groups is 1. The number of hydrogen-bond donors (Lipinski definition) is 3. The van der Waals surface area contributed by atoms with Crippen LogP contribution in [0.4, 0.5) is 10.6 Å². The summed E-state index contributed by atoms with van der Waals surface area (Å²) in [5.74, 6) is 0.0490. The number of rotatable bonds is 8. The van der Waals surface area contributed by atoms with Crippen molar-refractivity contribution in [3.63, 3.8) is 0 Å². The molecule has 0 bridgehead atoms. The van der Waals surface area contributed by atoms with E-state index in [1.54, 1.807) is 35.9 Å². The molecule has 1 unspecified atom stereocenters. The molecule has 2 heterocycles. The van der Waals surface area contributed by atoms with Crippen LogP contribution in [0, 0.1) is 5.41 Å². The molecule has 5 N–H and O–H groups in total. The van der Waals surface area contributed by atoms with Gasteiger partial charge < -0.3 is 21.3 Å². The third-order valence-corrected chi connectivity index (χ3v) is 9.44. The average Bonchev–Trinajstić information content (AvgIpc) is 2.90. The fourth-order valence-electron chi connectivity index (χ4n) is 7.44. The Kier molecular flexibility index (Phi) is 8.70. The van der Waals surface area contributed by atoms with Crippen LogP contribution in [0.5, 0.6) is 0 Å². The Labute approximate surface area is 254 Å². The number of benzene rings is 1. The van der Waals surface area contributed by atoms with Crippen LogP contribution in [0.1, 0.15) is 65.9 Å². The second-order valence-electron chi connectivity index (χ2n) is 13.9. The lowest BCUT2D eigenvalue weighted by Crippen LogP contribution is -2.62. The van der Waals surface area contributed by atoms with Crippen LogP contribution < -0.4 is 22.5 Å². The molecule has 1 atom stereocenters. The van der Waals surface area contributed by atoms with E-state index >= 15 is 0 Å². The first-order valence-corrected chi connectivity index (χ1v) is 15.6. The Hall–Kier alpha value is -3.28. The molecule has 43 heavy (non-hydrogen) atoms. The zero-order valence-corrected chi connectivity index (χ0v) is 26.3. The fraction of sp³-hybridized carbons (Fsp3) is 0.625. The number of nitrogens with zero attached hydrogens (tertiary/aromatic N) is 5. The zero-order valence-electron chi connectivity index (χ0n) is 26.3. The van der Waals surface area contributed by atoms with Gasteiger partial charge in [0.15, 0.2) is 0 Å². The first-order valence-electron chi connectivity index (χ1n) is 15.6. The number of nitrogens with two attached hydrogens (primary N) is 2. The molecule has 2 aliphatic carbocycles. The number of carbonyl (C=O) groups is 2. The number of aromatic nitrogens is 2. The van der Waals surface area contributed by atoms with Gasteiger partial charge in [-0.05, 0) is 95.9 Å². The summed E-state index contributed by atoms with van der Waals surface area (Å²) in [4.78, 5) is 48.1. The fourth-order valence-corrected chi connectivity index (χ4v) is 7.44. The van der Waals surface area contributed by atoms with Crippen LogP contribution in [0.25, 0.3) is 5.69 Å². The summed E-state index contributed by atoms with van der Waals surface area (Å²) in [7, 11) is 0. The van der Waals surface area contributed by atoms with Crippen molar-refractivity contribution in [3.05, 3.63) is 52.6 Å². The molecule has 1 aromatic carbocycles. The summed E-state index contributed by atoms with van der Waals surface area (Å²) in [5, 5.41) is 2.71. The molecule has 1 spiro atoms. The molecular weight excluding hydrogens is 544 g/mol. The van der Waals surface area contributed by atoms with E-state index in [1.807, 2.05) is 12.1 Å². The molecule has 1 saturated heterocycles. The summed E-state index contributed by atoms with van der Waals surface area (Å²) in [6.45, 7) is 11.8. The summed E-state index contributed by atoms with van der Waals surface area (Å²) in [6, 6.07) is 11.2. The van der Waals surface area contributed by atoms with Crippen LogP contribution in [0.2, 0.25) is 0 Å². The van der Waals surface area contributed by atoms with Gasteiger partial charge in [-0.25, -0.2) is 9.59 Å². The Morgan fingerprint density at radius 3 is 2.16 bits per heavy atom. The van der Waals surface area contributed by atoms with Crippen molar-refractivity contribution < 1.29 is 9.59 Å². The minimum absolute atomic E-state index is 0.140. The highest BCUT2D eigenvalue weighted by Crippen LogP contribution is 2.57. The highest BCUT2D eigenvalue weighted by atomic mass is 16.2. The minimum Gasteiger partial charge on any atom is -0.338 e. The summed E-state index contributed by atoms with van der Waals surface area (Å²) >= 11 is 0. The maximum absolute atomic E-state index is 12.9. The van der Waals surface area contributed by atoms with Crippen molar-refractivity contribution in [2.24, 2.45) is 16.9 Å². The van der Waals surface area contributed by atoms with Gasteiger partial charge in [0.1, 0.15) is 5.82 Å². The SMILES string of the molecule is CC(C)N(C(C)Cc1ccc(-n2ccc(NC(=O)N3CCN(C(=O)C(C)(C)N)CC3)nc2=O)cc1)C1CC2(CC(N)C2)C1. The van der Waals surface area contributed by atoms with Gasteiger partial charge in [0, 0.05) is 56.5 Å². The van der Waals surface area contributed by atoms with E-state index in [2.05, 4.69) is 48.1 Å². The van der Waals surface area contributed by atoms with E-state index in [4.69, 9.17) is 11.5 Å². The lowest BCUT2D eigenvalue weighted by Gasteiger charge is -2.61. The smallest absolute Gasteiger partial charge is 0.338 e. The van der Waals surface area contributed by atoms with Gasteiger partial charge in [0.2, 0.25) is 5.91 Å². The lowest BCUT2D eigenvalue weighted by atomic mass is 9.52. The number of carbonyl (C=O) groups excluding carboxylic acids is 2. The monoisotopic (exact) mass is 592 g/mol. The van der Waals surface area contributed by atoms with Gasteiger partial charge in [-0.3, -0.25) is 19.6 Å². The number of nitrogens with one attached hydrogen (secondary N) is 1. The molecule has 1 aromatic heterocycles. The van der Waals surface area contributed by atoms with Crippen LogP contribution in [0.3, 0.4) is 0 Å². The first kappa shape index (κ1) is 31.2. The molecule has 2 saturated carbocycles. The van der Waals surface area contributed by atoms with E-state index in [0.717, 1.165) is 12.1 Å². The Morgan fingerprint density at radius 1 is 1.02 bits per heavy atom. The van der Waals surface area contributed by atoms with Crippen LogP contribution in [-0.4, -0.2) is 92.1 Å². The number of amides is 3. The van der Waals surface area contributed by atoms with Gasteiger partial charge in [-0.2, -0.15) is 4.98 Å². The molecule has 11 nitrogen and oxygen atoms in total. The summed E-state index contributed by atoms with van der Waals surface area (Å²) < 4.78 is 1.47. The molecule has 3 amide bonds. The maximum atomic E-state index is 12.9. The van der Waals surface area contributed by atoms with Crippen LogP contribution in [-0.2, 0) is 11.2 Å². The maximum Gasteiger partial charge on any atom is 0.354 e. The molecular formula is C32H48N8O3. The second kappa shape index (κ2) is 12.0. The van der Waals surface area contributed by atoms with Crippen molar-refractivity contribution in [2.75, 3.05) is 31.5 Å². The molecule has 11 heteroatoms. The largest absolute Gasteiger partial charge is 0.354 e. The number of hydrogen-bond acceptors (Lipinski definition) is 7. The van der Waals surface area contributed by atoms with Gasteiger partial charge in [0.25, 0.3) is 0 Å². The standard InChI is InChI=1S/C32H48N8O3/c1-21(2)40(26-19-32(20-26)17-24(33)18-32)22(3)16-23-6-8-25(9-7-23)39-11-10-27(36-30(39)43)35-29(42)38-14-12-37(13-15-38)28(41)31(4,5)34/h6-11,21-22,24,26H,12-20,33-34H2,1-5H3,(H,35,36,42,43). The van der Waals surface area contributed by atoms with E-state index in [-0.39, 0.29) is 17.8 Å². The van der Waals surface area contributed by atoms with Gasteiger partial charge >= 0.3 is 11.7 Å². The summed E-state index contributed by atoms with van der Waals surface area (Å²) in [5.41, 5.74) is 13.0. The third-order valence-electron chi connectivity index (χ3n) is 9.44. The van der Waals surface area contributed by atoms with E-state index in [0.29, 0.717) is 55.8 Å². The van der Waals surface area contributed by atoms with Gasteiger partial charge in [-0.1, -0.05) is 12.1 Å². The number of anilines is 1. The molecule has 3 aliphatic rings. The number of piperazine rings is 1. The Bertz CT molecular complexity index is 1360. The Morgan fingerprint density at radius 2 is 1.63 bits per heavy atom. The summed E-state index contributed by atoms with van der Waals surface area (Å²) in [6.07, 6.45) is 7.45. The van der Waals surface area contributed by atoms with Crippen LogP contribution >= 0.6 is 0 Å². The highest BCUT2D eigenvalue weighted by molar-refractivity contribution is 5.89. The van der Waals surface area contributed by atoms with E-state index in [1.165, 1.54) is 35.8 Å². The topological polar surface area (TPSA) is 143 Å². The van der Waals surface area contributed by atoms with Crippen molar-refractivity contribution in [3.8, 4) is 5.69 Å². The van der Waals surface area contributed by atoms with E-state index in [9.17, 15) is 14.4 Å². The van der Waals surface area contributed by atoms with Crippen molar-refractivity contribution in [1.29, 1.82) is 0 Å².